The third kappa shape index (κ3) is 2.28. The van der Waals surface area contributed by atoms with Crippen LogP contribution in [0.25, 0.3) is 0 Å². The third-order valence-electron chi connectivity index (χ3n) is 5.00. The van der Waals surface area contributed by atoms with Gasteiger partial charge in [0.25, 0.3) is 0 Å². The zero-order valence-electron chi connectivity index (χ0n) is 13.9. The van der Waals surface area contributed by atoms with Gasteiger partial charge in [0.2, 0.25) is 0 Å². The second-order valence-corrected chi connectivity index (χ2v) is 7.54. The Morgan fingerprint density at radius 2 is 2.04 bits per heavy atom. The summed E-state index contributed by atoms with van der Waals surface area (Å²) in [5, 5.41) is 4.78. The Bertz CT molecular complexity index is 853. The van der Waals surface area contributed by atoms with Gasteiger partial charge in [-0.05, 0) is 62.3 Å². The van der Waals surface area contributed by atoms with Crippen molar-refractivity contribution in [1.82, 2.24) is 5.32 Å². The number of ether oxygens (including phenoxy) is 1. The Kier molecular flexibility index (Phi) is 3.52. The number of para-hydroxylation sites is 1. The first-order valence-electron chi connectivity index (χ1n) is 8.04. The van der Waals surface area contributed by atoms with E-state index in [0.717, 1.165) is 23.4 Å². The Labute approximate surface area is 152 Å². The van der Waals surface area contributed by atoms with Crippen LogP contribution in [0.1, 0.15) is 36.1 Å². The molecule has 1 N–H and O–H groups in total. The van der Waals surface area contributed by atoms with Crippen LogP contribution < -0.4 is 15.0 Å². The standard InChI is InChI=1S/C19H19ClN2OS/c1-11-7-8-13(9-12(11)2)22-18(24)21-16-10-19(22,3)23-17-14(16)5-4-6-15(17)20/h4-9,16H,10H2,1-3H3,(H,21,24)/t16-,19+/m0/s1. The molecule has 0 amide bonds. The molecule has 2 aromatic carbocycles. The number of hydrogen-bond acceptors (Lipinski definition) is 2. The summed E-state index contributed by atoms with van der Waals surface area (Å²) < 4.78 is 6.40. The number of hydrogen-bond donors (Lipinski definition) is 1. The lowest BCUT2D eigenvalue weighted by Gasteiger charge is -2.52. The number of nitrogens with one attached hydrogen (secondary N) is 1. The fourth-order valence-corrected chi connectivity index (χ4v) is 4.27. The highest BCUT2D eigenvalue weighted by Gasteiger charge is 2.48. The molecule has 2 heterocycles. The minimum Gasteiger partial charge on any atom is -0.466 e. The minimum atomic E-state index is -0.563. The van der Waals surface area contributed by atoms with Gasteiger partial charge in [-0.2, -0.15) is 0 Å². The SMILES string of the molecule is Cc1ccc(N2C(=S)N[C@H]3C[C@@]2(C)Oc2c(Cl)cccc23)cc1C. The summed E-state index contributed by atoms with van der Waals surface area (Å²) in [6, 6.07) is 12.3. The van der Waals surface area contributed by atoms with Crippen LogP contribution in [-0.4, -0.2) is 10.8 Å². The molecule has 0 unspecified atom stereocenters. The molecule has 0 aromatic heterocycles. The molecule has 1 saturated heterocycles. The van der Waals surface area contributed by atoms with Gasteiger partial charge in [0.05, 0.1) is 11.1 Å². The fourth-order valence-electron chi connectivity index (χ4n) is 3.61. The van der Waals surface area contributed by atoms with Crippen molar-refractivity contribution in [3.63, 3.8) is 0 Å². The summed E-state index contributed by atoms with van der Waals surface area (Å²) in [7, 11) is 0. The zero-order valence-corrected chi connectivity index (χ0v) is 15.5. The molecule has 2 aromatic rings. The van der Waals surface area contributed by atoms with Crippen molar-refractivity contribution in [1.29, 1.82) is 0 Å². The topological polar surface area (TPSA) is 24.5 Å². The normalized spacial score (nSPS) is 24.9. The number of fused-ring (bicyclic) bond motifs is 4. The molecular weight excluding hydrogens is 340 g/mol. The average molecular weight is 359 g/mol. The molecule has 0 spiro atoms. The average Bonchev–Trinajstić information content (AvgIpc) is 2.51. The Hall–Kier alpha value is -1.78. The summed E-state index contributed by atoms with van der Waals surface area (Å²) in [6.07, 6.45) is 0.799. The lowest BCUT2D eigenvalue weighted by molar-refractivity contribution is 0.0499. The zero-order chi connectivity index (χ0) is 17.1. The third-order valence-corrected chi connectivity index (χ3v) is 5.60. The van der Waals surface area contributed by atoms with Gasteiger partial charge in [-0.15, -0.1) is 0 Å². The quantitative estimate of drug-likeness (QED) is 0.733. The van der Waals surface area contributed by atoms with E-state index in [0.29, 0.717) is 10.1 Å². The number of benzene rings is 2. The Morgan fingerprint density at radius 1 is 1.25 bits per heavy atom. The molecular formula is C19H19ClN2OS. The van der Waals surface area contributed by atoms with E-state index in [1.165, 1.54) is 11.1 Å². The molecule has 3 nitrogen and oxygen atoms in total. The van der Waals surface area contributed by atoms with Crippen LogP contribution in [0.15, 0.2) is 36.4 Å². The highest BCUT2D eigenvalue weighted by molar-refractivity contribution is 7.80. The maximum absolute atomic E-state index is 6.40. The molecule has 0 saturated carbocycles. The van der Waals surface area contributed by atoms with E-state index in [4.69, 9.17) is 28.6 Å². The molecule has 2 aliphatic rings. The van der Waals surface area contributed by atoms with E-state index in [9.17, 15) is 0 Å². The maximum Gasteiger partial charge on any atom is 0.188 e. The molecule has 4 rings (SSSR count). The molecule has 24 heavy (non-hydrogen) atoms. The fraction of sp³-hybridized carbons (Fsp3) is 0.316. The highest BCUT2D eigenvalue weighted by Crippen LogP contribution is 2.48. The van der Waals surface area contributed by atoms with Gasteiger partial charge >= 0.3 is 0 Å². The summed E-state index contributed by atoms with van der Waals surface area (Å²) >= 11 is 12.1. The van der Waals surface area contributed by atoms with Crippen LogP contribution in [0.4, 0.5) is 5.69 Å². The van der Waals surface area contributed by atoms with Crippen LogP contribution in [0.3, 0.4) is 0 Å². The summed E-state index contributed by atoms with van der Waals surface area (Å²) in [5.41, 5.74) is 4.03. The van der Waals surface area contributed by atoms with Crippen molar-refractivity contribution in [3.8, 4) is 5.75 Å². The van der Waals surface area contributed by atoms with Gasteiger partial charge in [0, 0.05) is 17.7 Å². The van der Waals surface area contributed by atoms with Gasteiger partial charge in [-0.25, -0.2) is 0 Å². The minimum absolute atomic E-state index is 0.118. The number of halogens is 1. The van der Waals surface area contributed by atoms with E-state index in [1.54, 1.807) is 0 Å². The van der Waals surface area contributed by atoms with Crippen LogP contribution in [0.2, 0.25) is 5.02 Å². The number of nitrogens with zero attached hydrogens (tertiary/aromatic N) is 1. The lowest BCUT2D eigenvalue weighted by atomic mass is 9.90. The van der Waals surface area contributed by atoms with E-state index in [-0.39, 0.29) is 6.04 Å². The number of thiocarbonyl (C=S) groups is 1. The van der Waals surface area contributed by atoms with Crippen molar-refractivity contribution >= 4 is 34.6 Å². The summed E-state index contributed by atoms with van der Waals surface area (Å²) in [5.74, 6) is 0.752. The maximum atomic E-state index is 6.40. The second-order valence-electron chi connectivity index (χ2n) is 6.75. The monoisotopic (exact) mass is 358 g/mol. The van der Waals surface area contributed by atoms with Crippen LogP contribution in [0.5, 0.6) is 5.75 Å². The van der Waals surface area contributed by atoms with Crippen LogP contribution in [0, 0.1) is 13.8 Å². The largest absolute Gasteiger partial charge is 0.466 e. The second kappa shape index (κ2) is 5.36. The van der Waals surface area contributed by atoms with E-state index < -0.39 is 5.72 Å². The molecule has 124 valence electrons. The van der Waals surface area contributed by atoms with Crippen molar-refractivity contribution in [2.24, 2.45) is 0 Å². The predicted octanol–water partition coefficient (Wildman–Crippen LogP) is 4.89. The highest BCUT2D eigenvalue weighted by atomic mass is 35.5. The van der Waals surface area contributed by atoms with Gasteiger partial charge < -0.3 is 10.1 Å². The molecule has 2 atom stereocenters. The van der Waals surface area contributed by atoms with Gasteiger partial charge in [0.1, 0.15) is 5.75 Å². The summed E-state index contributed by atoms with van der Waals surface area (Å²) in [4.78, 5) is 2.07. The van der Waals surface area contributed by atoms with Gasteiger partial charge in [0.15, 0.2) is 10.8 Å². The molecule has 2 aliphatic heterocycles. The van der Waals surface area contributed by atoms with Crippen molar-refractivity contribution in [2.75, 3.05) is 4.90 Å². The van der Waals surface area contributed by atoms with Crippen molar-refractivity contribution < 1.29 is 4.74 Å². The van der Waals surface area contributed by atoms with Gasteiger partial charge in [-0.3, -0.25) is 4.90 Å². The summed E-state index contributed by atoms with van der Waals surface area (Å²) in [6.45, 7) is 6.30. The first-order chi connectivity index (χ1) is 11.4. The molecule has 0 aliphatic carbocycles. The Balaban J connectivity index is 1.83. The smallest absolute Gasteiger partial charge is 0.188 e. The Morgan fingerprint density at radius 3 is 2.79 bits per heavy atom. The first-order valence-corrected chi connectivity index (χ1v) is 8.83. The molecule has 2 bridgehead atoms. The molecule has 1 fully saturated rings. The van der Waals surface area contributed by atoms with E-state index in [2.05, 4.69) is 49.2 Å². The number of aryl methyl sites for hydroxylation is 2. The lowest BCUT2D eigenvalue weighted by Crippen LogP contribution is -2.65. The van der Waals surface area contributed by atoms with Crippen LogP contribution >= 0.6 is 23.8 Å². The van der Waals surface area contributed by atoms with E-state index in [1.807, 2.05) is 18.2 Å². The number of rotatable bonds is 1. The van der Waals surface area contributed by atoms with E-state index >= 15 is 0 Å². The van der Waals surface area contributed by atoms with Crippen LogP contribution in [-0.2, 0) is 0 Å². The number of anilines is 1. The predicted molar refractivity (Wildman–Crippen MR) is 102 cm³/mol. The van der Waals surface area contributed by atoms with Gasteiger partial charge in [-0.1, -0.05) is 29.8 Å². The molecule has 5 heteroatoms. The van der Waals surface area contributed by atoms with Crippen molar-refractivity contribution in [3.05, 3.63) is 58.1 Å². The first kappa shape index (κ1) is 15.7. The van der Waals surface area contributed by atoms with Crippen molar-refractivity contribution in [2.45, 2.75) is 39.0 Å². The molecule has 0 radical (unpaired) electrons.